The second-order valence-electron chi connectivity index (χ2n) is 10.3. The molecule has 4 N–H and O–H groups in total. The van der Waals surface area contributed by atoms with Crippen molar-refractivity contribution in [1.82, 2.24) is 9.80 Å². The standard InChI is InChI=1S/2C11H20N2O4/c2*1-11(2,3)17-10(15)13-6-7(12)5-8(13)9(14)16-4/h2*7-8H,5-6,12H2,1-4H3/t2*7-,8+/m10/s1. The number of ether oxygens (including phenoxy) is 4. The third-order valence-electron chi connectivity index (χ3n) is 4.87. The predicted octanol–water partition coefficient (Wildman–Crippen LogP) is 0.992. The van der Waals surface area contributed by atoms with E-state index in [2.05, 4.69) is 9.47 Å². The molecule has 4 atom stereocenters. The van der Waals surface area contributed by atoms with Gasteiger partial charge in [-0.1, -0.05) is 0 Å². The minimum absolute atomic E-state index is 0.216. The van der Waals surface area contributed by atoms with E-state index in [0.717, 1.165) is 0 Å². The van der Waals surface area contributed by atoms with Crippen LogP contribution in [0.2, 0.25) is 0 Å². The Bertz CT molecular complexity index is 684. The molecule has 2 fully saturated rings. The lowest BCUT2D eigenvalue weighted by atomic mass is 10.2. The number of carbonyl (C=O) groups excluding carboxylic acids is 4. The summed E-state index contributed by atoms with van der Waals surface area (Å²) < 4.78 is 19.7. The first-order valence-corrected chi connectivity index (χ1v) is 11.1. The number of nitrogens with zero attached hydrogens (tertiary/aromatic N) is 2. The van der Waals surface area contributed by atoms with Gasteiger partial charge in [0, 0.05) is 25.2 Å². The summed E-state index contributed by atoms with van der Waals surface area (Å²) in [5.41, 5.74) is 10.3. The Hall–Kier alpha value is -2.60. The van der Waals surface area contributed by atoms with Crippen LogP contribution in [0, 0.1) is 0 Å². The van der Waals surface area contributed by atoms with Crippen LogP contribution < -0.4 is 11.5 Å². The van der Waals surface area contributed by atoms with Crippen molar-refractivity contribution in [1.29, 1.82) is 0 Å². The van der Waals surface area contributed by atoms with Crippen LogP contribution in [0.4, 0.5) is 9.59 Å². The van der Waals surface area contributed by atoms with E-state index >= 15 is 0 Å². The normalized spacial score (nSPS) is 24.6. The summed E-state index contributed by atoms with van der Waals surface area (Å²) in [5.74, 6) is -0.910. The lowest BCUT2D eigenvalue weighted by molar-refractivity contribution is -0.146. The summed E-state index contributed by atoms with van der Waals surface area (Å²) in [4.78, 5) is 49.5. The first kappa shape index (κ1) is 29.4. The summed E-state index contributed by atoms with van der Waals surface area (Å²) in [5, 5.41) is 0. The Balaban J connectivity index is 0.000000340. The second kappa shape index (κ2) is 11.7. The van der Waals surface area contributed by atoms with Crippen molar-refractivity contribution in [3.63, 3.8) is 0 Å². The number of methoxy groups -OCH3 is 2. The molecule has 2 aliphatic rings. The molecule has 0 unspecified atom stereocenters. The molecule has 0 aliphatic carbocycles. The van der Waals surface area contributed by atoms with Gasteiger partial charge in [0.25, 0.3) is 0 Å². The SMILES string of the molecule is COC(=O)[C@@H]1C[C@@H](N)CN1C(=O)OC(C)(C)C.COC(=O)[C@H]1C[C@H](N)CN1C(=O)OC(C)(C)C. The van der Waals surface area contributed by atoms with Gasteiger partial charge in [-0.05, 0) is 54.4 Å². The first-order valence-electron chi connectivity index (χ1n) is 11.1. The maximum Gasteiger partial charge on any atom is 0.411 e. The zero-order valence-corrected chi connectivity index (χ0v) is 21.5. The predicted molar refractivity (Wildman–Crippen MR) is 123 cm³/mol. The molecule has 12 heteroatoms. The zero-order valence-electron chi connectivity index (χ0n) is 21.5. The molecule has 2 rings (SSSR count). The van der Waals surface area contributed by atoms with Crippen LogP contribution in [0.5, 0.6) is 0 Å². The van der Waals surface area contributed by atoms with Gasteiger partial charge >= 0.3 is 24.1 Å². The van der Waals surface area contributed by atoms with Gasteiger partial charge in [-0.15, -0.1) is 0 Å². The summed E-state index contributed by atoms with van der Waals surface area (Å²) in [6, 6.07) is -1.70. The van der Waals surface area contributed by atoms with Gasteiger partial charge in [0.05, 0.1) is 14.2 Å². The second-order valence-corrected chi connectivity index (χ2v) is 10.3. The average Bonchev–Trinajstić information content (AvgIpc) is 3.27. The quantitative estimate of drug-likeness (QED) is 0.423. The molecular weight excluding hydrogens is 448 g/mol. The van der Waals surface area contributed by atoms with Crippen LogP contribution >= 0.6 is 0 Å². The summed E-state index contributed by atoms with van der Waals surface area (Å²) in [6.07, 6.45) is -0.237. The lowest BCUT2D eigenvalue weighted by Gasteiger charge is -2.27. The number of rotatable bonds is 2. The number of nitrogens with two attached hydrogens (primary N) is 2. The van der Waals surface area contributed by atoms with Crippen molar-refractivity contribution in [2.45, 2.75) is 89.8 Å². The van der Waals surface area contributed by atoms with E-state index in [1.54, 1.807) is 41.5 Å². The highest BCUT2D eigenvalue weighted by Crippen LogP contribution is 2.22. The van der Waals surface area contributed by atoms with Crippen molar-refractivity contribution in [2.75, 3.05) is 27.3 Å². The third kappa shape index (κ3) is 8.98. The van der Waals surface area contributed by atoms with Gasteiger partial charge in [0.2, 0.25) is 0 Å². The van der Waals surface area contributed by atoms with Gasteiger partial charge in [0.1, 0.15) is 23.3 Å². The summed E-state index contributed by atoms with van der Waals surface area (Å²) in [6.45, 7) is 11.3. The fourth-order valence-electron chi connectivity index (χ4n) is 3.50. The van der Waals surface area contributed by atoms with E-state index in [0.29, 0.717) is 25.9 Å². The summed E-state index contributed by atoms with van der Waals surface area (Å²) in [7, 11) is 2.58. The van der Waals surface area contributed by atoms with E-state index in [1.165, 1.54) is 24.0 Å². The molecule has 0 radical (unpaired) electrons. The highest BCUT2D eigenvalue weighted by Gasteiger charge is 2.42. The lowest BCUT2D eigenvalue weighted by Crippen LogP contribution is -2.44. The van der Waals surface area contributed by atoms with E-state index in [-0.39, 0.29) is 12.1 Å². The monoisotopic (exact) mass is 488 g/mol. The maximum atomic E-state index is 11.9. The van der Waals surface area contributed by atoms with Crippen LogP contribution in [-0.2, 0) is 28.5 Å². The molecule has 2 heterocycles. The maximum absolute atomic E-state index is 11.9. The molecule has 0 aromatic heterocycles. The topological polar surface area (TPSA) is 164 Å². The Morgan fingerprint density at radius 2 is 0.971 bits per heavy atom. The molecule has 0 aromatic carbocycles. The molecule has 2 saturated heterocycles. The third-order valence-corrected chi connectivity index (χ3v) is 4.87. The highest BCUT2D eigenvalue weighted by atomic mass is 16.6. The minimum atomic E-state index is -0.634. The number of likely N-dealkylation sites (tertiary alicyclic amines) is 2. The van der Waals surface area contributed by atoms with E-state index in [1.807, 2.05) is 0 Å². The van der Waals surface area contributed by atoms with E-state index in [4.69, 9.17) is 20.9 Å². The van der Waals surface area contributed by atoms with Gasteiger partial charge in [-0.2, -0.15) is 0 Å². The van der Waals surface area contributed by atoms with Crippen LogP contribution in [0.3, 0.4) is 0 Å². The molecule has 0 spiro atoms. The first-order chi connectivity index (χ1) is 15.5. The van der Waals surface area contributed by atoms with Crippen molar-refractivity contribution in [2.24, 2.45) is 11.5 Å². The van der Waals surface area contributed by atoms with Gasteiger partial charge < -0.3 is 30.4 Å². The largest absolute Gasteiger partial charge is 0.467 e. The molecule has 0 aromatic rings. The van der Waals surface area contributed by atoms with Crippen LogP contribution in [0.15, 0.2) is 0 Å². The van der Waals surface area contributed by atoms with Crippen molar-refractivity contribution >= 4 is 24.1 Å². The zero-order chi connectivity index (χ0) is 26.4. The average molecular weight is 489 g/mol. The Morgan fingerprint density at radius 3 is 1.21 bits per heavy atom. The molecule has 2 amide bonds. The molecule has 34 heavy (non-hydrogen) atoms. The Labute approximate surface area is 201 Å². The van der Waals surface area contributed by atoms with Crippen LogP contribution in [-0.4, -0.2) is 96.6 Å². The van der Waals surface area contributed by atoms with Gasteiger partial charge in [-0.25, -0.2) is 19.2 Å². The molecule has 0 bridgehead atoms. The van der Waals surface area contributed by atoms with Crippen molar-refractivity contribution in [3.8, 4) is 0 Å². The Kier molecular flexibility index (Phi) is 10.1. The minimum Gasteiger partial charge on any atom is -0.467 e. The highest BCUT2D eigenvalue weighted by molar-refractivity contribution is 5.83. The van der Waals surface area contributed by atoms with Crippen molar-refractivity contribution < 1.29 is 38.1 Å². The molecule has 196 valence electrons. The van der Waals surface area contributed by atoms with Crippen LogP contribution in [0.1, 0.15) is 54.4 Å². The number of esters is 2. The van der Waals surface area contributed by atoms with Crippen molar-refractivity contribution in [3.05, 3.63) is 0 Å². The summed E-state index contributed by atoms with van der Waals surface area (Å²) >= 11 is 0. The van der Waals surface area contributed by atoms with Crippen LogP contribution in [0.25, 0.3) is 0 Å². The fourth-order valence-corrected chi connectivity index (χ4v) is 3.50. The number of carbonyl (C=O) groups is 4. The number of hydrogen-bond acceptors (Lipinski definition) is 10. The van der Waals surface area contributed by atoms with E-state index in [9.17, 15) is 19.2 Å². The smallest absolute Gasteiger partial charge is 0.411 e. The molecular formula is C22H40N4O8. The molecule has 0 saturated carbocycles. The molecule has 12 nitrogen and oxygen atoms in total. The number of amides is 2. The molecule has 2 aliphatic heterocycles. The fraction of sp³-hybridized carbons (Fsp3) is 0.818. The number of hydrogen-bond donors (Lipinski definition) is 2. The Morgan fingerprint density at radius 1 is 0.676 bits per heavy atom. The van der Waals surface area contributed by atoms with Gasteiger partial charge in [0.15, 0.2) is 0 Å². The van der Waals surface area contributed by atoms with E-state index < -0.39 is 47.4 Å². The van der Waals surface area contributed by atoms with Gasteiger partial charge in [-0.3, -0.25) is 9.80 Å².